The van der Waals surface area contributed by atoms with Gasteiger partial charge in [0.15, 0.2) is 0 Å². The predicted octanol–water partition coefficient (Wildman–Crippen LogP) is 4.50. The first kappa shape index (κ1) is 16.4. The van der Waals surface area contributed by atoms with E-state index < -0.39 is 4.92 Å². The quantitative estimate of drug-likeness (QED) is 0.488. The van der Waals surface area contributed by atoms with Crippen LogP contribution >= 0.6 is 0 Å². The number of nitrogens with zero attached hydrogens (tertiary/aromatic N) is 2. The number of ether oxygens (including phenoxy) is 2. The van der Waals surface area contributed by atoms with Gasteiger partial charge in [0.2, 0.25) is 0 Å². The summed E-state index contributed by atoms with van der Waals surface area (Å²) in [5, 5.41) is 10.9. The van der Waals surface area contributed by atoms with Crippen molar-refractivity contribution in [3.63, 3.8) is 0 Å². The van der Waals surface area contributed by atoms with Gasteiger partial charge in [-0.3, -0.25) is 10.1 Å². The topological polar surface area (TPSA) is 74.5 Å². The summed E-state index contributed by atoms with van der Waals surface area (Å²) in [5.74, 6) is 0.615. The number of benzene rings is 2. The Morgan fingerprint density at radius 2 is 1.68 bits per heavy atom. The van der Waals surface area contributed by atoms with Crippen LogP contribution in [-0.4, -0.2) is 9.91 Å². The molecule has 3 aromatic rings. The monoisotopic (exact) mass is 340 g/mol. The average Bonchev–Trinajstić information content (AvgIpc) is 2.63. The highest BCUT2D eigenvalue weighted by molar-refractivity contribution is 5.43. The van der Waals surface area contributed by atoms with Crippen molar-refractivity contribution in [2.75, 3.05) is 0 Å². The molecule has 0 aliphatic rings. The molecule has 0 bridgehead atoms. The van der Waals surface area contributed by atoms with E-state index in [0.717, 1.165) is 5.56 Å². The van der Waals surface area contributed by atoms with Gasteiger partial charge in [-0.1, -0.05) is 12.1 Å². The van der Waals surface area contributed by atoms with Gasteiger partial charge in [0.05, 0.1) is 4.92 Å². The number of hydrogen-bond donors (Lipinski definition) is 0. The van der Waals surface area contributed by atoms with Gasteiger partial charge < -0.3 is 9.47 Å². The lowest BCUT2D eigenvalue weighted by Crippen LogP contribution is -1.96. The Labute approximate surface area is 142 Å². The summed E-state index contributed by atoms with van der Waals surface area (Å²) in [6, 6.07) is 15.4. The zero-order valence-electron chi connectivity index (χ0n) is 13.0. The second kappa shape index (κ2) is 7.39. The van der Waals surface area contributed by atoms with Crippen molar-refractivity contribution >= 4 is 5.69 Å². The highest BCUT2D eigenvalue weighted by atomic mass is 19.1. The van der Waals surface area contributed by atoms with Crippen molar-refractivity contribution in [2.45, 2.75) is 6.61 Å². The molecular weight excluding hydrogens is 327 g/mol. The summed E-state index contributed by atoms with van der Waals surface area (Å²) >= 11 is 0. The van der Waals surface area contributed by atoms with E-state index in [9.17, 15) is 14.5 Å². The highest BCUT2D eigenvalue weighted by Crippen LogP contribution is 2.29. The lowest BCUT2D eigenvalue weighted by Gasteiger charge is -2.08. The molecule has 1 heterocycles. The van der Waals surface area contributed by atoms with Gasteiger partial charge >= 0.3 is 5.69 Å². The molecule has 0 spiro atoms. The summed E-state index contributed by atoms with van der Waals surface area (Å²) in [7, 11) is 0. The number of pyridine rings is 1. The normalized spacial score (nSPS) is 10.3. The number of rotatable bonds is 6. The van der Waals surface area contributed by atoms with Crippen molar-refractivity contribution < 1.29 is 18.8 Å². The molecule has 1 aromatic heterocycles. The molecule has 2 aromatic carbocycles. The van der Waals surface area contributed by atoms with Gasteiger partial charge in [0, 0.05) is 12.3 Å². The molecule has 0 radical (unpaired) electrons. The highest BCUT2D eigenvalue weighted by Gasteiger charge is 2.16. The molecule has 0 N–H and O–H groups in total. The second-order valence-electron chi connectivity index (χ2n) is 5.07. The zero-order chi connectivity index (χ0) is 17.6. The van der Waals surface area contributed by atoms with Gasteiger partial charge in [-0.05, 0) is 48.0 Å². The van der Waals surface area contributed by atoms with Gasteiger partial charge in [0.1, 0.15) is 23.9 Å². The van der Waals surface area contributed by atoms with Crippen molar-refractivity contribution in [1.82, 2.24) is 4.98 Å². The molecule has 25 heavy (non-hydrogen) atoms. The lowest BCUT2D eigenvalue weighted by molar-refractivity contribution is -0.386. The van der Waals surface area contributed by atoms with E-state index in [4.69, 9.17) is 9.47 Å². The van der Waals surface area contributed by atoms with Gasteiger partial charge in [-0.2, -0.15) is 0 Å². The third-order valence-electron chi connectivity index (χ3n) is 3.30. The Bertz CT molecular complexity index is 867. The molecule has 0 aliphatic carbocycles. The van der Waals surface area contributed by atoms with E-state index in [1.54, 1.807) is 36.4 Å². The maximum absolute atomic E-state index is 12.8. The van der Waals surface area contributed by atoms with Gasteiger partial charge in [0.25, 0.3) is 5.88 Å². The van der Waals surface area contributed by atoms with Crippen LogP contribution in [0.1, 0.15) is 5.56 Å². The summed E-state index contributed by atoms with van der Waals surface area (Å²) < 4.78 is 23.9. The summed E-state index contributed by atoms with van der Waals surface area (Å²) in [5.41, 5.74) is 0.630. The molecule has 0 fully saturated rings. The molecule has 7 heteroatoms. The van der Waals surface area contributed by atoms with E-state index in [1.165, 1.54) is 30.5 Å². The van der Waals surface area contributed by atoms with Crippen LogP contribution in [0, 0.1) is 15.9 Å². The van der Waals surface area contributed by atoms with E-state index in [2.05, 4.69) is 4.98 Å². The number of nitro groups is 1. The fourth-order valence-electron chi connectivity index (χ4n) is 2.06. The van der Waals surface area contributed by atoms with Crippen molar-refractivity contribution in [3.05, 3.63) is 88.4 Å². The molecule has 0 saturated carbocycles. The Kier molecular flexibility index (Phi) is 4.84. The molecule has 3 rings (SSSR count). The number of hydrogen-bond acceptors (Lipinski definition) is 5. The fraction of sp³-hybridized carbons (Fsp3) is 0.0556. The maximum atomic E-state index is 12.8. The van der Waals surface area contributed by atoms with Crippen LogP contribution in [0.5, 0.6) is 17.4 Å². The molecule has 6 nitrogen and oxygen atoms in total. The number of aromatic nitrogens is 1. The summed E-state index contributed by atoms with van der Waals surface area (Å²) in [4.78, 5) is 14.3. The molecule has 0 saturated heterocycles. The molecule has 0 atom stereocenters. The first-order chi connectivity index (χ1) is 12.1. The van der Waals surface area contributed by atoms with Gasteiger partial charge in [-0.25, -0.2) is 9.37 Å². The van der Waals surface area contributed by atoms with E-state index in [1.807, 2.05) is 0 Å². The standard InChI is InChI=1S/C18H13FN2O4/c19-14-5-3-13(4-6-14)12-24-15-7-9-16(10-8-15)25-18-17(21(22)23)2-1-11-20-18/h1-11H,12H2. The van der Waals surface area contributed by atoms with Gasteiger partial charge in [-0.15, -0.1) is 0 Å². The van der Waals surface area contributed by atoms with Crippen molar-refractivity contribution in [1.29, 1.82) is 0 Å². The third kappa shape index (κ3) is 4.29. The maximum Gasteiger partial charge on any atom is 0.331 e. The summed E-state index contributed by atoms with van der Waals surface area (Å²) in [6.07, 6.45) is 1.42. The first-order valence-electron chi connectivity index (χ1n) is 7.36. The van der Waals surface area contributed by atoms with Crippen LogP contribution < -0.4 is 9.47 Å². The van der Waals surface area contributed by atoms with Crippen LogP contribution in [0.25, 0.3) is 0 Å². The van der Waals surface area contributed by atoms with Crippen molar-refractivity contribution in [3.8, 4) is 17.4 Å². The fourth-order valence-corrected chi connectivity index (χ4v) is 2.06. The van der Waals surface area contributed by atoms with Crippen LogP contribution in [0.2, 0.25) is 0 Å². The Morgan fingerprint density at radius 3 is 2.36 bits per heavy atom. The smallest absolute Gasteiger partial charge is 0.331 e. The molecule has 0 amide bonds. The van der Waals surface area contributed by atoms with Crippen molar-refractivity contribution in [2.24, 2.45) is 0 Å². The minimum atomic E-state index is -0.553. The van der Waals surface area contributed by atoms with Crippen LogP contribution in [0.3, 0.4) is 0 Å². The van der Waals surface area contributed by atoms with Crippen LogP contribution in [0.4, 0.5) is 10.1 Å². The third-order valence-corrected chi connectivity index (χ3v) is 3.30. The van der Waals surface area contributed by atoms with Crippen LogP contribution in [-0.2, 0) is 6.61 Å². The Hall–Kier alpha value is -3.48. The van der Waals surface area contributed by atoms with E-state index in [-0.39, 0.29) is 17.4 Å². The predicted molar refractivity (Wildman–Crippen MR) is 88.1 cm³/mol. The average molecular weight is 340 g/mol. The first-order valence-corrected chi connectivity index (χ1v) is 7.36. The number of halogens is 1. The van der Waals surface area contributed by atoms with E-state index >= 15 is 0 Å². The molecule has 0 unspecified atom stereocenters. The minimum Gasteiger partial charge on any atom is -0.489 e. The molecule has 126 valence electrons. The Morgan fingerprint density at radius 1 is 1.00 bits per heavy atom. The van der Waals surface area contributed by atoms with E-state index in [0.29, 0.717) is 18.1 Å². The SMILES string of the molecule is O=[N+]([O-])c1cccnc1Oc1ccc(OCc2ccc(F)cc2)cc1. The molecule has 0 aliphatic heterocycles. The minimum absolute atomic E-state index is 0.0764. The molecular formula is C18H13FN2O4. The summed E-state index contributed by atoms with van der Waals surface area (Å²) in [6.45, 7) is 0.298. The largest absolute Gasteiger partial charge is 0.489 e. The second-order valence-corrected chi connectivity index (χ2v) is 5.07. The zero-order valence-corrected chi connectivity index (χ0v) is 13.0. The lowest BCUT2D eigenvalue weighted by atomic mass is 10.2. The Balaban J connectivity index is 1.64. The van der Waals surface area contributed by atoms with Crippen LogP contribution in [0.15, 0.2) is 66.9 Å².